The number of carbonyl (C=O) groups excluding carboxylic acids is 2. The number of nitrogens with one attached hydrogen (secondary N) is 1. The van der Waals surface area contributed by atoms with Crippen molar-refractivity contribution in [2.45, 2.75) is 32.1 Å². The van der Waals surface area contributed by atoms with E-state index in [1.54, 1.807) is 0 Å². The monoisotopic (exact) mass is 360 g/mol. The average molecular weight is 360 g/mol. The smallest absolute Gasteiger partial charge is 0.323 e. The molecule has 1 heterocycles. The number of carboxylic acids is 1. The summed E-state index contributed by atoms with van der Waals surface area (Å²) in [5, 5.41) is 9.57. The average Bonchev–Trinajstić information content (AvgIpc) is 3.03. The van der Waals surface area contributed by atoms with Crippen LogP contribution in [-0.4, -0.2) is 45.7 Å². The van der Waals surface area contributed by atoms with Gasteiger partial charge in [-0.15, -0.1) is 0 Å². The molecular formula is C19H21FN2O4. The van der Waals surface area contributed by atoms with E-state index in [-0.39, 0.29) is 18.0 Å². The quantitative estimate of drug-likeness (QED) is 0.612. The highest BCUT2D eigenvalue weighted by atomic mass is 19.1. The SMILES string of the molecule is O=C(O)CN(CC1CCCCC1)C(=O)C(=O)c1c[nH]c2cc(F)ccc12. The molecule has 0 unspecified atom stereocenters. The van der Waals surface area contributed by atoms with Crippen LogP contribution in [0.15, 0.2) is 24.4 Å². The Morgan fingerprint density at radius 1 is 1.19 bits per heavy atom. The Hall–Kier alpha value is -2.70. The number of carboxylic acid groups (broad SMARTS) is 1. The molecule has 0 radical (unpaired) electrons. The van der Waals surface area contributed by atoms with E-state index < -0.39 is 30.0 Å². The van der Waals surface area contributed by atoms with Crippen molar-refractivity contribution in [1.29, 1.82) is 0 Å². The van der Waals surface area contributed by atoms with Crippen molar-refractivity contribution >= 4 is 28.6 Å². The first-order valence-electron chi connectivity index (χ1n) is 8.77. The fourth-order valence-electron chi connectivity index (χ4n) is 3.61. The van der Waals surface area contributed by atoms with Gasteiger partial charge in [0.05, 0.1) is 5.56 Å². The second-order valence-electron chi connectivity index (χ2n) is 6.80. The van der Waals surface area contributed by atoms with Crippen molar-refractivity contribution in [3.05, 3.63) is 35.8 Å². The van der Waals surface area contributed by atoms with E-state index in [4.69, 9.17) is 5.11 Å². The number of Topliss-reactive ketones (excluding diaryl/α,β-unsaturated/α-hetero) is 1. The molecule has 3 rings (SSSR count). The summed E-state index contributed by atoms with van der Waals surface area (Å²) >= 11 is 0. The maximum atomic E-state index is 13.3. The number of aromatic nitrogens is 1. The highest BCUT2D eigenvalue weighted by molar-refractivity contribution is 6.45. The van der Waals surface area contributed by atoms with Gasteiger partial charge in [-0.25, -0.2) is 4.39 Å². The summed E-state index contributed by atoms with van der Waals surface area (Å²) in [6, 6.07) is 3.90. The molecule has 1 saturated carbocycles. The van der Waals surface area contributed by atoms with Gasteiger partial charge < -0.3 is 15.0 Å². The molecule has 138 valence electrons. The Kier molecular flexibility index (Phi) is 5.35. The van der Waals surface area contributed by atoms with E-state index in [2.05, 4.69) is 4.98 Å². The number of hydrogen-bond donors (Lipinski definition) is 2. The van der Waals surface area contributed by atoms with E-state index in [9.17, 15) is 18.8 Å². The number of ketones is 1. The lowest BCUT2D eigenvalue weighted by Gasteiger charge is -2.28. The summed E-state index contributed by atoms with van der Waals surface area (Å²) in [5.41, 5.74) is 0.544. The summed E-state index contributed by atoms with van der Waals surface area (Å²) in [7, 11) is 0. The molecule has 6 nitrogen and oxygen atoms in total. The molecule has 2 aromatic rings. The Balaban J connectivity index is 1.82. The van der Waals surface area contributed by atoms with Gasteiger partial charge in [-0.05, 0) is 37.0 Å². The number of H-pyrrole nitrogens is 1. The van der Waals surface area contributed by atoms with E-state index >= 15 is 0 Å². The van der Waals surface area contributed by atoms with Crippen molar-refractivity contribution in [3.63, 3.8) is 0 Å². The minimum absolute atomic E-state index is 0.129. The number of fused-ring (bicyclic) bond motifs is 1. The molecule has 0 spiro atoms. The van der Waals surface area contributed by atoms with Crippen molar-refractivity contribution in [2.24, 2.45) is 5.92 Å². The predicted molar refractivity (Wildman–Crippen MR) is 93.4 cm³/mol. The maximum Gasteiger partial charge on any atom is 0.323 e. The summed E-state index contributed by atoms with van der Waals surface area (Å²) in [4.78, 5) is 40.4. The normalized spacial score (nSPS) is 15.1. The molecule has 1 aromatic heterocycles. The number of rotatable bonds is 6. The number of halogens is 1. The summed E-state index contributed by atoms with van der Waals surface area (Å²) < 4.78 is 13.3. The fourth-order valence-corrected chi connectivity index (χ4v) is 3.61. The molecule has 2 N–H and O–H groups in total. The first kappa shape index (κ1) is 18.1. The maximum absolute atomic E-state index is 13.3. The van der Waals surface area contributed by atoms with Crippen LogP contribution in [0.2, 0.25) is 0 Å². The Morgan fingerprint density at radius 2 is 1.92 bits per heavy atom. The number of aliphatic carboxylic acids is 1. The molecule has 1 aromatic carbocycles. The molecule has 26 heavy (non-hydrogen) atoms. The predicted octanol–water partition coefficient (Wildman–Crippen LogP) is 2.98. The van der Waals surface area contributed by atoms with Crippen LogP contribution in [-0.2, 0) is 9.59 Å². The van der Waals surface area contributed by atoms with Crippen molar-refractivity contribution in [2.75, 3.05) is 13.1 Å². The van der Waals surface area contributed by atoms with Gasteiger partial charge in [-0.2, -0.15) is 0 Å². The van der Waals surface area contributed by atoms with Crippen LogP contribution in [0, 0.1) is 11.7 Å². The lowest BCUT2D eigenvalue weighted by Crippen LogP contribution is -2.43. The number of carbonyl (C=O) groups is 3. The lowest BCUT2D eigenvalue weighted by molar-refractivity contribution is -0.143. The van der Waals surface area contributed by atoms with Gasteiger partial charge in [0.15, 0.2) is 0 Å². The molecule has 1 amide bonds. The summed E-state index contributed by atoms with van der Waals surface area (Å²) in [5.74, 6) is -2.99. The lowest BCUT2D eigenvalue weighted by atomic mass is 9.89. The van der Waals surface area contributed by atoms with Gasteiger partial charge in [-0.3, -0.25) is 14.4 Å². The van der Waals surface area contributed by atoms with Crippen LogP contribution in [0.4, 0.5) is 4.39 Å². The second-order valence-corrected chi connectivity index (χ2v) is 6.80. The number of hydrogen-bond acceptors (Lipinski definition) is 3. The van der Waals surface area contributed by atoms with Gasteiger partial charge in [0.25, 0.3) is 11.7 Å². The standard InChI is InChI=1S/C19H21FN2O4/c20-13-6-7-14-15(9-21-16(14)8-13)18(25)19(26)22(11-17(23)24)10-12-4-2-1-3-5-12/h6-9,12,21H,1-5,10-11H2,(H,23,24). The van der Waals surface area contributed by atoms with Crippen LogP contribution in [0.5, 0.6) is 0 Å². The number of nitrogens with zero attached hydrogens (tertiary/aromatic N) is 1. The molecule has 7 heteroatoms. The molecule has 1 aliphatic carbocycles. The third kappa shape index (κ3) is 3.92. The van der Waals surface area contributed by atoms with Crippen LogP contribution in [0.25, 0.3) is 10.9 Å². The van der Waals surface area contributed by atoms with Crippen molar-refractivity contribution in [3.8, 4) is 0 Å². The topological polar surface area (TPSA) is 90.5 Å². The fraction of sp³-hybridized carbons (Fsp3) is 0.421. The van der Waals surface area contributed by atoms with Crippen LogP contribution >= 0.6 is 0 Å². The Bertz CT molecular complexity index is 839. The van der Waals surface area contributed by atoms with Gasteiger partial charge in [0.1, 0.15) is 12.4 Å². The van der Waals surface area contributed by atoms with Crippen molar-refractivity contribution < 1.29 is 23.9 Å². The minimum atomic E-state index is -1.15. The highest BCUT2D eigenvalue weighted by Crippen LogP contribution is 2.25. The number of benzene rings is 1. The molecule has 1 aliphatic rings. The Morgan fingerprint density at radius 3 is 2.62 bits per heavy atom. The zero-order chi connectivity index (χ0) is 18.7. The van der Waals surface area contributed by atoms with Crippen LogP contribution in [0.1, 0.15) is 42.5 Å². The number of aromatic amines is 1. The molecule has 0 aliphatic heterocycles. The minimum Gasteiger partial charge on any atom is -0.480 e. The molecule has 0 saturated heterocycles. The van der Waals surface area contributed by atoms with E-state index in [0.29, 0.717) is 10.9 Å². The van der Waals surface area contributed by atoms with E-state index in [1.165, 1.54) is 24.4 Å². The largest absolute Gasteiger partial charge is 0.480 e. The molecule has 0 bridgehead atoms. The first-order valence-corrected chi connectivity index (χ1v) is 8.77. The van der Waals surface area contributed by atoms with Gasteiger partial charge >= 0.3 is 5.97 Å². The molecular weight excluding hydrogens is 339 g/mol. The van der Waals surface area contributed by atoms with Gasteiger partial charge in [0.2, 0.25) is 0 Å². The van der Waals surface area contributed by atoms with Crippen molar-refractivity contribution in [1.82, 2.24) is 9.88 Å². The Labute approximate surface area is 150 Å². The van der Waals surface area contributed by atoms with Gasteiger partial charge in [-0.1, -0.05) is 19.3 Å². The first-order chi connectivity index (χ1) is 12.5. The highest BCUT2D eigenvalue weighted by Gasteiger charge is 2.29. The van der Waals surface area contributed by atoms with Crippen LogP contribution < -0.4 is 0 Å². The van der Waals surface area contributed by atoms with Crippen LogP contribution in [0.3, 0.4) is 0 Å². The van der Waals surface area contributed by atoms with E-state index in [0.717, 1.165) is 37.0 Å². The van der Waals surface area contributed by atoms with E-state index in [1.807, 2.05) is 0 Å². The third-order valence-corrected chi connectivity index (χ3v) is 4.90. The zero-order valence-corrected chi connectivity index (χ0v) is 14.3. The second kappa shape index (κ2) is 7.68. The van der Waals surface area contributed by atoms with Gasteiger partial charge in [0, 0.05) is 23.6 Å². The summed E-state index contributed by atoms with van der Waals surface area (Å²) in [6.45, 7) is -0.230. The summed E-state index contributed by atoms with van der Waals surface area (Å²) in [6.07, 6.45) is 6.50. The number of amides is 1. The third-order valence-electron chi connectivity index (χ3n) is 4.90. The molecule has 1 fully saturated rings. The zero-order valence-electron chi connectivity index (χ0n) is 14.3. The molecule has 0 atom stereocenters.